The van der Waals surface area contributed by atoms with Crippen LogP contribution in [0.3, 0.4) is 0 Å². The van der Waals surface area contributed by atoms with E-state index < -0.39 is 0 Å². The van der Waals surface area contributed by atoms with Gasteiger partial charge in [-0.15, -0.1) is 0 Å². The summed E-state index contributed by atoms with van der Waals surface area (Å²) < 4.78 is 0. The van der Waals surface area contributed by atoms with Crippen molar-refractivity contribution in [2.24, 2.45) is 5.41 Å². The Morgan fingerprint density at radius 2 is 1.85 bits per heavy atom. The average Bonchev–Trinajstić information content (AvgIpc) is 2.37. The average molecular weight is 276 g/mol. The van der Waals surface area contributed by atoms with E-state index in [2.05, 4.69) is 31.4 Å². The second-order valence-electron chi connectivity index (χ2n) is 5.89. The Morgan fingerprint density at radius 3 is 2.40 bits per heavy atom. The van der Waals surface area contributed by atoms with Crippen LogP contribution in [0.4, 0.5) is 4.79 Å². The van der Waals surface area contributed by atoms with Gasteiger partial charge in [-0.1, -0.05) is 38.5 Å². The van der Waals surface area contributed by atoms with Crippen molar-refractivity contribution in [2.75, 3.05) is 6.54 Å². The molecule has 3 N–H and O–H groups in total. The Morgan fingerprint density at radius 1 is 1.25 bits per heavy atom. The number of phenolic OH excluding ortho intramolecular Hbond substituents is 1. The standard InChI is InChI=1S/C16H24N2O2/c1-12(16(2,3)4)11-18-15(20)17-10-9-13-5-7-14(19)8-6-13/h5-8,11,19H,9-10H2,1-4H3,(H2,17,18,20)/b12-11+. The number of amides is 2. The predicted molar refractivity (Wildman–Crippen MR) is 81.6 cm³/mol. The SMILES string of the molecule is C/C(=C\NC(=O)NCCc1ccc(O)cc1)C(C)(C)C. The third-order valence-corrected chi connectivity index (χ3v) is 3.24. The minimum absolute atomic E-state index is 0.0549. The van der Waals surface area contributed by atoms with Gasteiger partial charge in [0.25, 0.3) is 0 Å². The van der Waals surface area contributed by atoms with Gasteiger partial charge < -0.3 is 15.7 Å². The molecule has 0 saturated carbocycles. The molecule has 0 aromatic heterocycles. The number of allylic oxidation sites excluding steroid dienone is 1. The molecule has 4 heteroatoms. The number of rotatable bonds is 4. The summed E-state index contributed by atoms with van der Waals surface area (Å²) in [6.45, 7) is 8.85. The normalized spacial score (nSPS) is 12.1. The topological polar surface area (TPSA) is 61.4 Å². The number of nitrogens with one attached hydrogen (secondary N) is 2. The quantitative estimate of drug-likeness (QED) is 0.791. The highest BCUT2D eigenvalue weighted by atomic mass is 16.3. The van der Waals surface area contributed by atoms with Crippen LogP contribution in [0.1, 0.15) is 33.3 Å². The summed E-state index contributed by atoms with van der Waals surface area (Å²) in [5.41, 5.74) is 2.25. The van der Waals surface area contributed by atoms with Crippen molar-refractivity contribution in [3.63, 3.8) is 0 Å². The molecule has 0 saturated heterocycles. The van der Waals surface area contributed by atoms with Crippen molar-refractivity contribution >= 4 is 6.03 Å². The van der Waals surface area contributed by atoms with E-state index in [-0.39, 0.29) is 17.2 Å². The molecular formula is C16H24N2O2. The summed E-state index contributed by atoms with van der Waals surface area (Å²) in [7, 11) is 0. The molecule has 0 heterocycles. The lowest BCUT2D eigenvalue weighted by atomic mass is 9.88. The van der Waals surface area contributed by atoms with Crippen LogP contribution in [0.5, 0.6) is 5.75 Å². The van der Waals surface area contributed by atoms with Gasteiger partial charge in [0.2, 0.25) is 0 Å². The Balaban J connectivity index is 2.32. The number of aromatic hydroxyl groups is 1. The fraction of sp³-hybridized carbons (Fsp3) is 0.438. The van der Waals surface area contributed by atoms with E-state index in [0.717, 1.165) is 17.6 Å². The molecule has 110 valence electrons. The smallest absolute Gasteiger partial charge is 0.318 e. The molecule has 2 amide bonds. The van der Waals surface area contributed by atoms with Crippen molar-refractivity contribution in [3.05, 3.63) is 41.6 Å². The Bertz CT molecular complexity index is 470. The first-order valence-electron chi connectivity index (χ1n) is 6.78. The minimum Gasteiger partial charge on any atom is -0.508 e. The molecule has 4 nitrogen and oxygen atoms in total. The first-order valence-corrected chi connectivity index (χ1v) is 6.78. The molecule has 0 unspecified atom stereocenters. The maximum Gasteiger partial charge on any atom is 0.318 e. The summed E-state index contributed by atoms with van der Waals surface area (Å²) >= 11 is 0. The number of phenols is 1. The van der Waals surface area contributed by atoms with E-state index in [4.69, 9.17) is 0 Å². The third kappa shape index (κ3) is 5.78. The summed E-state index contributed by atoms with van der Waals surface area (Å²) in [6, 6.07) is 6.78. The number of urea groups is 1. The second-order valence-corrected chi connectivity index (χ2v) is 5.89. The largest absolute Gasteiger partial charge is 0.508 e. The van der Waals surface area contributed by atoms with E-state index in [9.17, 15) is 9.90 Å². The lowest BCUT2D eigenvalue weighted by Gasteiger charge is -2.19. The zero-order chi connectivity index (χ0) is 15.2. The van der Waals surface area contributed by atoms with Gasteiger partial charge in [0.05, 0.1) is 0 Å². The zero-order valence-corrected chi connectivity index (χ0v) is 12.7. The molecule has 1 aromatic rings. The first-order chi connectivity index (χ1) is 9.29. The molecule has 0 aliphatic rings. The van der Waals surface area contributed by atoms with E-state index in [1.807, 2.05) is 19.1 Å². The van der Waals surface area contributed by atoms with Gasteiger partial charge in [-0.3, -0.25) is 0 Å². The molecule has 0 fully saturated rings. The molecule has 20 heavy (non-hydrogen) atoms. The number of carbonyl (C=O) groups excluding carboxylic acids is 1. The molecular weight excluding hydrogens is 252 g/mol. The van der Waals surface area contributed by atoms with E-state index in [1.165, 1.54) is 0 Å². The molecule has 1 aromatic carbocycles. The third-order valence-electron chi connectivity index (χ3n) is 3.24. The lowest BCUT2D eigenvalue weighted by molar-refractivity contribution is 0.244. The van der Waals surface area contributed by atoms with Gasteiger partial charge in [-0.05, 0) is 36.5 Å². The maximum atomic E-state index is 11.6. The summed E-state index contributed by atoms with van der Waals surface area (Å²) in [5, 5.41) is 14.7. The fourth-order valence-corrected chi connectivity index (χ4v) is 1.42. The van der Waals surface area contributed by atoms with Crippen LogP contribution < -0.4 is 10.6 Å². The van der Waals surface area contributed by atoms with E-state index >= 15 is 0 Å². The summed E-state index contributed by atoms with van der Waals surface area (Å²) in [4.78, 5) is 11.6. The van der Waals surface area contributed by atoms with Crippen LogP contribution >= 0.6 is 0 Å². The monoisotopic (exact) mass is 276 g/mol. The molecule has 0 aliphatic heterocycles. The van der Waals surface area contributed by atoms with Crippen LogP contribution in [0.15, 0.2) is 36.0 Å². The molecule has 0 bridgehead atoms. The highest BCUT2D eigenvalue weighted by Crippen LogP contribution is 2.23. The van der Waals surface area contributed by atoms with Crippen molar-refractivity contribution in [3.8, 4) is 5.75 Å². The zero-order valence-electron chi connectivity index (χ0n) is 12.7. The summed E-state index contributed by atoms with van der Waals surface area (Å²) in [5.74, 6) is 0.252. The number of carbonyl (C=O) groups is 1. The van der Waals surface area contributed by atoms with E-state index in [0.29, 0.717) is 6.54 Å². The van der Waals surface area contributed by atoms with Crippen molar-refractivity contribution < 1.29 is 9.90 Å². The molecule has 0 atom stereocenters. The van der Waals surface area contributed by atoms with Gasteiger partial charge in [0.1, 0.15) is 5.75 Å². The molecule has 0 radical (unpaired) electrons. The van der Waals surface area contributed by atoms with Crippen molar-refractivity contribution in [2.45, 2.75) is 34.1 Å². The Hall–Kier alpha value is -1.97. The van der Waals surface area contributed by atoms with Crippen LogP contribution in [-0.2, 0) is 6.42 Å². The molecule has 0 spiro atoms. The van der Waals surface area contributed by atoms with Gasteiger partial charge in [-0.25, -0.2) is 4.79 Å². The minimum atomic E-state index is -0.202. The fourth-order valence-electron chi connectivity index (χ4n) is 1.42. The van der Waals surface area contributed by atoms with Crippen LogP contribution in [0, 0.1) is 5.41 Å². The number of hydrogen-bond donors (Lipinski definition) is 3. The summed E-state index contributed by atoms with van der Waals surface area (Å²) in [6.07, 6.45) is 2.48. The van der Waals surface area contributed by atoms with Gasteiger partial charge in [0, 0.05) is 12.7 Å². The molecule has 1 rings (SSSR count). The highest BCUT2D eigenvalue weighted by molar-refractivity contribution is 5.74. The highest BCUT2D eigenvalue weighted by Gasteiger charge is 2.12. The van der Waals surface area contributed by atoms with Gasteiger partial charge in [0.15, 0.2) is 0 Å². The van der Waals surface area contributed by atoms with Crippen LogP contribution in [-0.4, -0.2) is 17.7 Å². The lowest BCUT2D eigenvalue weighted by Crippen LogP contribution is -2.34. The van der Waals surface area contributed by atoms with Gasteiger partial charge in [-0.2, -0.15) is 0 Å². The van der Waals surface area contributed by atoms with Crippen LogP contribution in [0.25, 0.3) is 0 Å². The molecule has 0 aliphatic carbocycles. The van der Waals surface area contributed by atoms with Crippen molar-refractivity contribution in [1.29, 1.82) is 0 Å². The van der Waals surface area contributed by atoms with Crippen molar-refractivity contribution in [1.82, 2.24) is 10.6 Å². The first kappa shape index (κ1) is 16.1. The Labute approximate surface area is 120 Å². The second kappa shape index (κ2) is 6.98. The number of hydrogen-bond acceptors (Lipinski definition) is 2. The Kier molecular flexibility index (Phi) is 5.62. The maximum absolute atomic E-state index is 11.6. The van der Waals surface area contributed by atoms with E-state index in [1.54, 1.807) is 18.3 Å². The number of benzene rings is 1. The predicted octanol–water partition coefficient (Wildman–Crippen LogP) is 3.18. The van der Waals surface area contributed by atoms with Gasteiger partial charge >= 0.3 is 6.03 Å². The van der Waals surface area contributed by atoms with Crippen LogP contribution in [0.2, 0.25) is 0 Å².